The van der Waals surface area contributed by atoms with E-state index in [0.29, 0.717) is 24.1 Å². The van der Waals surface area contributed by atoms with Crippen molar-refractivity contribution in [3.8, 4) is 17.4 Å². The van der Waals surface area contributed by atoms with Crippen LogP contribution in [0.5, 0.6) is 11.5 Å². The van der Waals surface area contributed by atoms with Crippen LogP contribution in [0.2, 0.25) is 0 Å². The minimum absolute atomic E-state index is 0.450. The van der Waals surface area contributed by atoms with Crippen LogP contribution in [0.1, 0.15) is 22.5 Å². The summed E-state index contributed by atoms with van der Waals surface area (Å²) in [5.74, 6) is 1.83. The highest BCUT2D eigenvalue weighted by Crippen LogP contribution is 2.28. The van der Waals surface area contributed by atoms with Crippen LogP contribution >= 0.6 is 0 Å². The number of nitrogens with zero attached hydrogens (tertiary/aromatic N) is 6. The Morgan fingerprint density at radius 1 is 1.03 bits per heavy atom. The van der Waals surface area contributed by atoms with E-state index in [4.69, 9.17) is 9.47 Å². The Morgan fingerprint density at radius 2 is 1.87 bits per heavy atom. The van der Waals surface area contributed by atoms with Crippen LogP contribution in [-0.2, 0) is 6.61 Å². The fraction of sp³-hybridized carbons (Fsp3) is 0.182. The Morgan fingerprint density at radius 3 is 2.60 bits per heavy atom. The van der Waals surface area contributed by atoms with Gasteiger partial charge in [-0.1, -0.05) is 30.3 Å². The molecule has 4 rings (SSSR count). The molecule has 8 heteroatoms. The van der Waals surface area contributed by atoms with Crippen LogP contribution in [0.25, 0.3) is 5.95 Å². The van der Waals surface area contributed by atoms with E-state index in [2.05, 4.69) is 20.4 Å². The van der Waals surface area contributed by atoms with Gasteiger partial charge in [-0.2, -0.15) is 14.9 Å². The molecular formula is C22H22N6O2. The predicted molar refractivity (Wildman–Crippen MR) is 113 cm³/mol. The van der Waals surface area contributed by atoms with Crippen LogP contribution < -0.4 is 9.47 Å². The first-order valence-electron chi connectivity index (χ1n) is 9.47. The Bertz CT molecular complexity index is 1160. The van der Waals surface area contributed by atoms with E-state index in [9.17, 15) is 0 Å². The van der Waals surface area contributed by atoms with Crippen molar-refractivity contribution in [3.63, 3.8) is 0 Å². The number of hydrogen-bond donors (Lipinski definition) is 0. The van der Waals surface area contributed by atoms with Crippen molar-refractivity contribution in [1.82, 2.24) is 24.7 Å². The second-order valence-electron chi connectivity index (χ2n) is 6.74. The molecule has 0 amide bonds. The van der Waals surface area contributed by atoms with E-state index in [1.807, 2.05) is 68.4 Å². The van der Waals surface area contributed by atoms with Gasteiger partial charge in [-0.25, -0.2) is 4.68 Å². The number of methoxy groups -OCH3 is 1. The van der Waals surface area contributed by atoms with Gasteiger partial charge in [0.15, 0.2) is 11.5 Å². The number of benzene rings is 2. The van der Waals surface area contributed by atoms with Gasteiger partial charge in [0.1, 0.15) is 12.9 Å². The molecule has 0 aliphatic rings. The third kappa shape index (κ3) is 4.22. The van der Waals surface area contributed by atoms with E-state index in [1.54, 1.807) is 29.0 Å². The summed E-state index contributed by atoms with van der Waals surface area (Å²) in [5, 5.41) is 17.0. The standard InChI is InChI=1S/C22H22N6O2/c1-16-11-17(2)28(26-16)22-25-23-15-27(22)24-13-19-9-10-20(29-3)21(12-19)30-14-18-7-5-4-6-8-18/h4-13,15H,14H2,1-3H3/b24-13-. The normalized spacial score (nSPS) is 11.2. The predicted octanol–water partition coefficient (Wildman–Crippen LogP) is 3.55. The maximum absolute atomic E-state index is 5.97. The maximum Gasteiger partial charge on any atom is 0.273 e. The summed E-state index contributed by atoms with van der Waals surface area (Å²) in [5.41, 5.74) is 3.80. The first-order valence-corrected chi connectivity index (χ1v) is 9.47. The van der Waals surface area contributed by atoms with Gasteiger partial charge < -0.3 is 9.47 Å². The lowest BCUT2D eigenvalue weighted by atomic mass is 10.2. The first kappa shape index (κ1) is 19.4. The Balaban J connectivity index is 1.56. The summed E-state index contributed by atoms with van der Waals surface area (Å²) in [6, 6.07) is 17.6. The summed E-state index contributed by atoms with van der Waals surface area (Å²) >= 11 is 0. The molecule has 2 aromatic carbocycles. The van der Waals surface area contributed by atoms with Gasteiger partial charge in [0.25, 0.3) is 5.95 Å². The number of rotatable bonds is 7. The molecule has 0 saturated heterocycles. The second kappa shape index (κ2) is 8.60. The molecule has 0 radical (unpaired) electrons. The van der Waals surface area contributed by atoms with Crippen LogP contribution in [-0.4, -0.2) is 38.0 Å². The highest BCUT2D eigenvalue weighted by Gasteiger charge is 2.11. The Hall–Kier alpha value is -3.94. The van der Waals surface area contributed by atoms with Gasteiger partial charge in [-0.15, -0.1) is 10.2 Å². The van der Waals surface area contributed by atoms with Crippen molar-refractivity contribution in [3.05, 3.63) is 83.4 Å². The lowest BCUT2D eigenvalue weighted by Crippen LogP contribution is -2.06. The lowest BCUT2D eigenvalue weighted by molar-refractivity contribution is 0.284. The van der Waals surface area contributed by atoms with Gasteiger partial charge in [0.05, 0.1) is 19.0 Å². The molecule has 2 aromatic heterocycles. The summed E-state index contributed by atoms with van der Waals surface area (Å²) in [6.45, 7) is 4.34. The van der Waals surface area contributed by atoms with Gasteiger partial charge in [-0.05, 0) is 49.2 Å². The summed E-state index contributed by atoms with van der Waals surface area (Å²) < 4.78 is 14.7. The molecule has 0 N–H and O–H groups in total. The molecule has 30 heavy (non-hydrogen) atoms. The van der Waals surface area contributed by atoms with Crippen molar-refractivity contribution in [1.29, 1.82) is 0 Å². The van der Waals surface area contributed by atoms with Gasteiger partial charge in [0, 0.05) is 5.69 Å². The maximum atomic E-state index is 5.97. The minimum atomic E-state index is 0.450. The molecule has 0 aliphatic carbocycles. The van der Waals surface area contributed by atoms with Crippen molar-refractivity contribution < 1.29 is 9.47 Å². The van der Waals surface area contributed by atoms with Gasteiger partial charge in [-0.3, -0.25) is 0 Å². The van der Waals surface area contributed by atoms with E-state index >= 15 is 0 Å². The second-order valence-corrected chi connectivity index (χ2v) is 6.74. The van der Waals surface area contributed by atoms with Crippen molar-refractivity contribution in [2.45, 2.75) is 20.5 Å². The highest BCUT2D eigenvalue weighted by molar-refractivity contribution is 5.80. The summed E-state index contributed by atoms with van der Waals surface area (Å²) in [7, 11) is 1.62. The molecule has 0 aliphatic heterocycles. The molecule has 0 bridgehead atoms. The average molecular weight is 402 g/mol. The molecule has 0 spiro atoms. The van der Waals surface area contributed by atoms with Crippen molar-refractivity contribution in [2.75, 3.05) is 7.11 Å². The minimum Gasteiger partial charge on any atom is -0.493 e. The fourth-order valence-corrected chi connectivity index (χ4v) is 3.03. The molecule has 152 valence electrons. The van der Waals surface area contributed by atoms with Crippen LogP contribution in [0.4, 0.5) is 0 Å². The van der Waals surface area contributed by atoms with Gasteiger partial charge in [0.2, 0.25) is 0 Å². The number of aryl methyl sites for hydroxylation is 2. The third-order valence-electron chi connectivity index (χ3n) is 4.47. The summed E-state index contributed by atoms with van der Waals surface area (Å²) in [4.78, 5) is 0. The van der Waals surface area contributed by atoms with Crippen LogP contribution in [0.3, 0.4) is 0 Å². The van der Waals surface area contributed by atoms with Crippen LogP contribution in [0.15, 0.2) is 66.0 Å². The zero-order valence-corrected chi connectivity index (χ0v) is 17.1. The Labute approximate surface area is 174 Å². The largest absolute Gasteiger partial charge is 0.493 e. The van der Waals surface area contributed by atoms with E-state index in [1.165, 1.54) is 0 Å². The molecular weight excluding hydrogens is 380 g/mol. The number of aromatic nitrogens is 5. The highest BCUT2D eigenvalue weighted by atomic mass is 16.5. The topological polar surface area (TPSA) is 79.4 Å². The SMILES string of the molecule is COc1ccc(/C=N\n2cnnc2-n2nc(C)cc2C)cc1OCc1ccccc1. The monoisotopic (exact) mass is 402 g/mol. The quantitative estimate of drug-likeness (QED) is 0.442. The molecule has 2 heterocycles. The zero-order chi connectivity index (χ0) is 20.9. The van der Waals surface area contributed by atoms with E-state index in [-0.39, 0.29) is 0 Å². The van der Waals surface area contributed by atoms with E-state index < -0.39 is 0 Å². The lowest BCUT2D eigenvalue weighted by Gasteiger charge is -2.11. The van der Waals surface area contributed by atoms with Gasteiger partial charge >= 0.3 is 0 Å². The summed E-state index contributed by atoms with van der Waals surface area (Å²) in [6.07, 6.45) is 3.26. The molecule has 4 aromatic rings. The smallest absolute Gasteiger partial charge is 0.273 e. The number of ether oxygens (including phenoxy) is 2. The van der Waals surface area contributed by atoms with Crippen LogP contribution in [0, 0.1) is 13.8 Å². The molecule has 0 saturated carbocycles. The fourth-order valence-electron chi connectivity index (χ4n) is 3.03. The van der Waals surface area contributed by atoms with Crippen molar-refractivity contribution >= 4 is 6.21 Å². The van der Waals surface area contributed by atoms with E-state index in [0.717, 1.165) is 22.5 Å². The molecule has 8 nitrogen and oxygen atoms in total. The zero-order valence-electron chi connectivity index (χ0n) is 17.1. The average Bonchev–Trinajstić information content (AvgIpc) is 3.36. The molecule has 0 atom stereocenters. The number of hydrogen-bond acceptors (Lipinski definition) is 6. The Kier molecular flexibility index (Phi) is 5.56. The first-order chi connectivity index (χ1) is 14.6. The molecule has 0 unspecified atom stereocenters. The molecule has 0 fully saturated rings. The van der Waals surface area contributed by atoms with Crippen molar-refractivity contribution in [2.24, 2.45) is 5.10 Å². The third-order valence-corrected chi connectivity index (χ3v) is 4.47.